The minimum Gasteiger partial charge on any atom is -0.322 e. The Kier molecular flexibility index (Phi) is 4.15. The predicted octanol–water partition coefficient (Wildman–Crippen LogP) is 3.42. The fourth-order valence-corrected chi connectivity index (χ4v) is 3.21. The van der Waals surface area contributed by atoms with E-state index in [0.717, 1.165) is 18.5 Å². The summed E-state index contributed by atoms with van der Waals surface area (Å²) in [6.07, 6.45) is 3.83. The molecule has 4 heteroatoms. The summed E-state index contributed by atoms with van der Waals surface area (Å²) in [4.78, 5) is 17.1. The van der Waals surface area contributed by atoms with E-state index in [4.69, 9.17) is 0 Å². The zero-order chi connectivity index (χ0) is 16.4. The maximum absolute atomic E-state index is 12.7. The van der Waals surface area contributed by atoms with E-state index in [9.17, 15) is 4.79 Å². The van der Waals surface area contributed by atoms with E-state index in [0.29, 0.717) is 17.0 Å². The van der Waals surface area contributed by atoms with Gasteiger partial charge in [0.1, 0.15) is 5.49 Å². The van der Waals surface area contributed by atoms with Crippen LogP contribution in [0.25, 0.3) is 6.20 Å². The van der Waals surface area contributed by atoms with Gasteiger partial charge in [-0.15, -0.1) is 0 Å². The maximum atomic E-state index is 12.7. The molecule has 23 heavy (non-hydrogen) atoms. The average Bonchev–Trinajstić information content (AvgIpc) is 2.95. The summed E-state index contributed by atoms with van der Waals surface area (Å²) in [5, 5.41) is 2.94. The molecule has 0 saturated heterocycles. The number of para-hydroxylation sites is 1. The molecule has 1 aromatic carbocycles. The minimum absolute atomic E-state index is 0.144. The molecule has 2 aromatic rings. The number of nitrogens with zero attached hydrogens (tertiary/aromatic N) is 2. The zero-order valence-corrected chi connectivity index (χ0v) is 13.5. The molecule has 0 spiro atoms. The highest BCUT2D eigenvalue weighted by molar-refractivity contribution is 6.04. The van der Waals surface area contributed by atoms with Crippen molar-refractivity contribution >= 4 is 17.8 Å². The fourth-order valence-electron chi connectivity index (χ4n) is 3.21. The molecule has 1 aromatic heterocycles. The van der Waals surface area contributed by atoms with Gasteiger partial charge in [-0.25, -0.2) is 0 Å². The highest BCUT2D eigenvalue weighted by Crippen LogP contribution is 2.32. The number of hydrogen-bond donors (Lipinski definition) is 1. The number of rotatable bonds is 3. The Balaban J connectivity index is 2.10. The van der Waals surface area contributed by atoms with Crippen molar-refractivity contribution in [2.75, 3.05) is 12.4 Å². The molecule has 118 valence electrons. The number of aromatic nitrogens is 1. The summed E-state index contributed by atoms with van der Waals surface area (Å²) in [6, 6.07) is 11.5. The van der Waals surface area contributed by atoms with Crippen molar-refractivity contribution in [2.45, 2.75) is 25.7 Å². The number of hydrogen-bond acceptors (Lipinski definition) is 2. The highest BCUT2D eigenvalue weighted by Gasteiger charge is 2.24. The van der Waals surface area contributed by atoms with Gasteiger partial charge < -0.3 is 9.88 Å². The zero-order valence-electron chi connectivity index (χ0n) is 13.5. The van der Waals surface area contributed by atoms with Gasteiger partial charge >= 0.3 is 0 Å². The van der Waals surface area contributed by atoms with Crippen LogP contribution in [-0.2, 0) is 6.42 Å². The number of amides is 1. The normalized spacial score (nSPS) is 17.0. The summed E-state index contributed by atoms with van der Waals surface area (Å²) in [5.74, 6) is 0.305. The minimum atomic E-state index is -0.144. The van der Waals surface area contributed by atoms with E-state index in [1.807, 2.05) is 41.0 Å². The third kappa shape index (κ3) is 2.72. The first kappa shape index (κ1) is 15.3. The monoisotopic (exact) mass is 307 g/mol. The van der Waals surface area contributed by atoms with E-state index < -0.39 is 0 Å². The number of benzene rings is 1. The van der Waals surface area contributed by atoms with Gasteiger partial charge in [-0.05, 0) is 42.5 Å². The van der Waals surface area contributed by atoms with Gasteiger partial charge in [-0.2, -0.15) is 0 Å². The number of carbonyl (C=O) groups is 1. The lowest BCUT2D eigenvalue weighted by atomic mass is 10.0. The molecule has 4 nitrogen and oxygen atoms in total. The second kappa shape index (κ2) is 6.24. The van der Waals surface area contributed by atoms with Gasteiger partial charge in [-0.1, -0.05) is 31.7 Å². The Morgan fingerprint density at radius 2 is 2.13 bits per heavy atom. The van der Waals surface area contributed by atoms with Crippen molar-refractivity contribution in [1.82, 2.24) is 4.57 Å². The number of fused-ring (bicyclic) bond motifs is 1. The van der Waals surface area contributed by atoms with E-state index in [-0.39, 0.29) is 5.91 Å². The molecule has 0 unspecified atom stereocenters. The van der Waals surface area contributed by atoms with E-state index >= 15 is 0 Å². The SMILES string of the molecule is C=Cn1c2c(cc(C(=O)Nc3ccccc3)c1=NC)[C@@H](C)CC2. The summed E-state index contributed by atoms with van der Waals surface area (Å²) in [7, 11) is 1.71. The molecule has 0 fully saturated rings. The van der Waals surface area contributed by atoms with Gasteiger partial charge in [0.2, 0.25) is 0 Å². The Bertz CT molecular complexity index is 818. The molecule has 1 amide bonds. The van der Waals surface area contributed by atoms with Crippen LogP contribution in [0.2, 0.25) is 0 Å². The molecule has 0 bridgehead atoms. The van der Waals surface area contributed by atoms with Crippen LogP contribution < -0.4 is 10.8 Å². The summed E-state index contributed by atoms with van der Waals surface area (Å²) < 4.78 is 1.96. The molecule has 1 N–H and O–H groups in total. The quantitative estimate of drug-likeness (QED) is 0.928. The Labute approximate surface area is 136 Å². The van der Waals surface area contributed by atoms with E-state index in [1.165, 1.54) is 11.3 Å². The van der Waals surface area contributed by atoms with E-state index in [2.05, 4.69) is 23.8 Å². The molecule has 1 heterocycles. The van der Waals surface area contributed by atoms with Gasteiger partial charge in [0, 0.05) is 24.6 Å². The molecule has 1 aliphatic rings. The first-order valence-electron chi connectivity index (χ1n) is 7.85. The molecular weight excluding hydrogens is 286 g/mol. The fraction of sp³-hybridized carbons (Fsp3) is 0.263. The van der Waals surface area contributed by atoms with Gasteiger partial charge in [0.15, 0.2) is 0 Å². The molecule has 0 aliphatic heterocycles. The Morgan fingerprint density at radius 1 is 1.39 bits per heavy atom. The van der Waals surface area contributed by atoms with Crippen molar-refractivity contribution in [3.05, 3.63) is 65.3 Å². The van der Waals surface area contributed by atoms with Crippen LogP contribution in [0.5, 0.6) is 0 Å². The molecule has 1 atom stereocenters. The average molecular weight is 307 g/mol. The standard InChI is InChI=1S/C19H21N3O/c1-4-22-17-11-10-13(2)15(17)12-16(18(22)20-3)19(23)21-14-8-6-5-7-9-14/h4-9,12-13H,1,10-11H2,2-3H3,(H,21,23)/t13-/m0/s1. The van der Waals surface area contributed by atoms with Crippen LogP contribution in [0.3, 0.4) is 0 Å². The number of anilines is 1. The third-order valence-electron chi connectivity index (χ3n) is 4.41. The molecule has 0 radical (unpaired) electrons. The summed E-state index contributed by atoms with van der Waals surface area (Å²) in [6.45, 7) is 6.09. The second-order valence-electron chi connectivity index (χ2n) is 5.82. The first-order valence-corrected chi connectivity index (χ1v) is 7.85. The molecule has 0 saturated carbocycles. The van der Waals surface area contributed by atoms with Crippen LogP contribution in [0.1, 0.15) is 40.9 Å². The van der Waals surface area contributed by atoms with Crippen molar-refractivity contribution < 1.29 is 4.79 Å². The third-order valence-corrected chi connectivity index (χ3v) is 4.41. The van der Waals surface area contributed by atoms with Crippen LogP contribution in [0.15, 0.2) is 48.0 Å². The topological polar surface area (TPSA) is 46.4 Å². The lowest BCUT2D eigenvalue weighted by molar-refractivity contribution is 0.102. The number of nitrogens with one attached hydrogen (secondary N) is 1. The van der Waals surface area contributed by atoms with Crippen LogP contribution in [0, 0.1) is 0 Å². The van der Waals surface area contributed by atoms with Crippen LogP contribution in [0.4, 0.5) is 5.69 Å². The summed E-state index contributed by atoms with van der Waals surface area (Å²) >= 11 is 0. The number of pyridine rings is 1. The van der Waals surface area contributed by atoms with Crippen molar-refractivity contribution in [3.63, 3.8) is 0 Å². The maximum Gasteiger partial charge on any atom is 0.259 e. The molecule has 1 aliphatic carbocycles. The molecular formula is C19H21N3O. The lowest BCUT2D eigenvalue weighted by Gasteiger charge is -2.15. The Hall–Kier alpha value is -2.62. The van der Waals surface area contributed by atoms with E-state index in [1.54, 1.807) is 13.2 Å². The Morgan fingerprint density at radius 3 is 2.78 bits per heavy atom. The lowest BCUT2D eigenvalue weighted by Crippen LogP contribution is -2.30. The molecule has 3 rings (SSSR count). The summed E-state index contributed by atoms with van der Waals surface area (Å²) in [5.41, 5.74) is 4.45. The van der Waals surface area contributed by atoms with Gasteiger partial charge in [-0.3, -0.25) is 9.79 Å². The van der Waals surface area contributed by atoms with Gasteiger partial charge in [0.25, 0.3) is 5.91 Å². The van der Waals surface area contributed by atoms with Gasteiger partial charge in [0.05, 0.1) is 5.56 Å². The predicted molar refractivity (Wildman–Crippen MR) is 93.4 cm³/mol. The smallest absolute Gasteiger partial charge is 0.259 e. The van der Waals surface area contributed by atoms with Crippen molar-refractivity contribution in [1.29, 1.82) is 0 Å². The largest absolute Gasteiger partial charge is 0.322 e. The van der Waals surface area contributed by atoms with Crippen LogP contribution >= 0.6 is 0 Å². The van der Waals surface area contributed by atoms with Crippen molar-refractivity contribution in [3.8, 4) is 0 Å². The van der Waals surface area contributed by atoms with Crippen molar-refractivity contribution in [2.24, 2.45) is 4.99 Å². The highest BCUT2D eigenvalue weighted by atomic mass is 16.1. The first-order chi connectivity index (χ1) is 11.2. The van der Waals surface area contributed by atoms with Crippen LogP contribution in [-0.4, -0.2) is 17.5 Å². The second-order valence-corrected chi connectivity index (χ2v) is 5.82. The number of carbonyl (C=O) groups excluding carboxylic acids is 1.